The maximum Gasteiger partial charge on any atom is 0.0619 e. The van der Waals surface area contributed by atoms with Gasteiger partial charge in [-0.1, -0.05) is 24.3 Å². The summed E-state index contributed by atoms with van der Waals surface area (Å²) in [5.74, 6) is 0.705. The van der Waals surface area contributed by atoms with Crippen LogP contribution >= 0.6 is 0 Å². The highest BCUT2D eigenvalue weighted by atomic mass is 16.5. The van der Waals surface area contributed by atoms with Crippen LogP contribution in [0.2, 0.25) is 0 Å². The molecule has 1 heterocycles. The molecule has 3 rings (SSSR count). The SMILES string of the molecule is c1ccc2c(c1)CCCC2CNC1CCCOC1. The van der Waals surface area contributed by atoms with Gasteiger partial charge < -0.3 is 10.1 Å². The Morgan fingerprint density at radius 2 is 2.11 bits per heavy atom. The summed E-state index contributed by atoms with van der Waals surface area (Å²) in [6.45, 7) is 2.96. The third-order valence-corrected chi connectivity index (χ3v) is 4.31. The van der Waals surface area contributed by atoms with Crippen LogP contribution in [0.5, 0.6) is 0 Å². The van der Waals surface area contributed by atoms with Crippen LogP contribution in [0.25, 0.3) is 0 Å². The number of hydrogen-bond acceptors (Lipinski definition) is 2. The zero-order valence-electron chi connectivity index (χ0n) is 11.0. The minimum atomic E-state index is 0.577. The third kappa shape index (κ3) is 2.76. The molecule has 1 N–H and O–H groups in total. The number of fused-ring (bicyclic) bond motifs is 1. The Kier molecular flexibility index (Phi) is 3.96. The van der Waals surface area contributed by atoms with E-state index in [2.05, 4.69) is 29.6 Å². The predicted molar refractivity (Wildman–Crippen MR) is 74.0 cm³/mol. The first-order valence-corrected chi connectivity index (χ1v) is 7.32. The normalized spacial score (nSPS) is 27.8. The average Bonchev–Trinajstić information content (AvgIpc) is 2.46. The van der Waals surface area contributed by atoms with Gasteiger partial charge in [-0.25, -0.2) is 0 Å². The van der Waals surface area contributed by atoms with Gasteiger partial charge in [0.05, 0.1) is 6.61 Å². The molecule has 1 fully saturated rings. The van der Waals surface area contributed by atoms with Gasteiger partial charge in [0.1, 0.15) is 0 Å². The van der Waals surface area contributed by atoms with Gasteiger partial charge in [-0.3, -0.25) is 0 Å². The minimum Gasteiger partial charge on any atom is -0.380 e. The number of ether oxygens (including phenoxy) is 1. The van der Waals surface area contributed by atoms with Crippen LogP contribution in [-0.2, 0) is 11.2 Å². The van der Waals surface area contributed by atoms with E-state index >= 15 is 0 Å². The van der Waals surface area contributed by atoms with Crippen molar-refractivity contribution in [2.24, 2.45) is 0 Å². The van der Waals surface area contributed by atoms with Crippen molar-refractivity contribution in [1.82, 2.24) is 5.32 Å². The quantitative estimate of drug-likeness (QED) is 0.884. The van der Waals surface area contributed by atoms with E-state index in [4.69, 9.17) is 4.74 Å². The fourth-order valence-electron chi connectivity index (χ4n) is 3.28. The molecule has 0 amide bonds. The zero-order chi connectivity index (χ0) is 12.2. The van der Waals surface area contributed by atoms with Crippen molar-refractivity contribution < 1.29 is 4.74 Å². The maximum absolute atomic E-state index is 5.53. The van der Waals surface area contributed by atoms with E-state index in [9.17, 15) is 0 Å². The van der Waals surface area contributed by atoms with Gasteiger partial charge in [0, 0.05) is 19.2 Å². The van der Waals surface area contributed by atoms with Crippen molar-refractivity contribution in [2.45, 2.75) is 44.1 Å². The Hall–Kier alpha value is -0.860. The van der Waals surface area contributed by atoms with E-state index in [1.165, 1.54) is 32.1 Å². The van der Waals surface area contributed by atoms with Crippen LogP contribution in [0, 0.1) is 0 Å². The van der Waals surface area contributed by atoms with Gasteiger partial charge in [-0.15, -0.1) is 0 Å². The molecule has 98 valence electrons. The lowest BCUT2D eigenvalue weighted by atomic mass is 9.82. The molecule has 2 heteroatoms. The van der Waals surface area contributed by atoms with Gasteiger partial charge in [0.25, 0.3) is 0 Å². The van der Waals surface area contributed by atoms with Crippen molar-refractivity contribution in [3.05, 3.63) is 35.4 Å². The van der Waals surface area contributed by atoms with E-state index in [0.717, 1.165) is 19.8 Å². The van der Waals surface area contributed by atoms with Crippen LogP contribution in [0.4, 0.5) is 0 Å². The molecule has 0 radical (unpaired) electrons. The van der Waals surface area contributed by atoms with Gasteiger partial charge in [-0.05, 0) is 49.1 Å². The van der Waals surface area contributed by atoms with E-state index in [0.29, 0.717) is 12.0 Å². The molecular weight excluding hydrogens is 222 g/mol. The topological polar surface area (TPSA) is 21.3 Å². The summed E-state index contributed by atoms with van der Waals surface area (Å²) in [5, 5.41) is 3.71. The zero-order valence-corrected chi connectivity index (χ0v) is 11.0. The molecule has 0 spiro atoms. The fraction of sp³-hybridized carbons (Fsp3) is 0.625. The molecule has 0 aromatic heterocycles. The first-order valence-electron chi connectivity index (χ1n) is 7.32. The summed E-state index contributed by atoms with van der Waals surface area (Å²) in [6, 6.07) is 9.54. The van der Waals surface area contributed by atoms with E-state index < -0.39 is 0 Å². The second-order valence-electron chi connectivity index (χ2n) is 5.61. The highest BCUT2D eigenvalue weighted by molar-refractivity contribution is 5.32. The molecular formula is C16H23NO. The summed E-state index contributed by atoms with van der Waals surface area (Å²) < 4.78 is 5.53. The molecule has 18 heavy (non-hydrogen) atoms. The smallest absolute Gasteiger partial charge is 0.0619 e. The molecule has 1 saturated heterocycles. The standard InChI is InChI=1S/C16H23NO/c1-2-9-16-13(5-1)6-3-7-14(16)11-17-15-8-4-10-18-12-15/h1-2,5,9,14-15,17H,3-4,6-8,10-12H2. The van der Waals surface area contributed by atoms with E-state index in [1.54, 1.807) is 11.1 Å². The molecule has 1 aliphatic carbocycles. The van der Waals surface area contributed by atoms with Crippen LogP contribution in [0.15, 0.2) is 24.3 Å². The lowest BCUT2D eigenvalue weighted by Crippen LogP contribution is -2.39. The summed E-state index contributed by atoms with van der Waals surface area (Å²) in [6.07, 6.45) is 6.41. The highest BCUT2D eigenvalue weighted by Crippen LogP contribution is 2.30. The Bertz CT molecular complexity index is 384. The molecule has 1 aromatic rings. The van der Waals surface area contributed by atoms with Gasteiger partial charge in [0.2, 0.25) is 0 Å². The minimum absolute atomic E-state index is 0.577. The second-order valence-corrected chi connectivity index (χ2v) is 5.61. The molecule has 2 unspecified atom stereocenters. The Balaban J connectivity index is 1.60. The van der Waals surface area contributed by atoms with Crippen LogP contribution < -0.4 is 5.32 Å². The molecule has 2 atom stereocenters. The number of benzene rings is 1. The maximum atomic E-state index is 5.53. The molecule has 1 aromatic carbocycles. The van der Waals surface area contributed by atoms with Gasteiger partial charge in [0.15, 0.2) is 0 Å². The Morgan fingerprint density at radius 3 is 3.00 bits per heavy atom. The van der Waals surface area contributed by atoms with Crippen molar-refractivity contribution >= 4 is 0 Å². The van der Waals surface area contributed by atoms with Gasteiger partial charge in [-0.2, -0.15) is 0 Å². The summed E-state index contributed by atoms with van der Waals surface area (Å²) in [4.78, 5) is 0. The first-order chi connectivity index (χ1) is 8.93. The monoisotopic (exact) mass is 245 g/mol. The van der Waals surface area contributed by atoms with Crippen LogP contribution in [0.3, 0.4) is 0 Å². The third-order valence-electron chi connectivity index (χ3n) is 4.31. The van der Waals surface area contributed by atoms with Crippen LogP contribution in [0.1, 0.15) is 42.7 Å². The van der Waals surface area contributed by atoms with Crippen molar-refractivity contribution in [1.29, 1.82) is 0 Å². The number of hydrogen-bond donors (Lipinski definition) is 1. The van der Waals surface area contributed by atoms with E-state index in [1.807, 2.05) is 0 Å². The first kappa shape index (κ1) is 12.2. The molecule has 2 aliphatic rings. The summed E-state index contributed by atoms with van der Waals surface area (Å²) >= 11 is 0. The van der Waals surface area contributed by atoms with Gasteiger partial charge >= 0.3 is 0 Å². The van der Waals surface area contributed by atoms with Crippen molar-refractivity contribution in [3.8, 4) is 0 Å². The average molecular weight is 245 g/mol. The Morgan fingerprint density at radius 1 is 1.17 bits per heavy atom. The summed E-state index contributed by atoms with van der Waals surface area (Å²) in [7, 11) is 0. The van der Waals surface area contributed by atoms with Crippen molar-refractivity contribution in [3.63, 3.8) is 0 Å². The predicted octanol–water partition coefficient (Wildman–Crippen LogP) is 2.88. The molecule has 1 aliphatic heterocycles. The lowest BCUT2D eigenvalue weighted by Gasteiger charge is -2.29. The number of aryl methyl sites for hydroxylation is 1. The number of nitrogens with one attached hydrogen (secondary N) is 1. The van der Waals surface area contributed by atoms with Crippen LogP contribution in [-0.4, -0.2) is 25.8 Å². The molecule has 0 saturated carbocycles. The molecule has 2 nitrogen and oxygen atoms in total. The highest BCUT2D eigenvalue weighted by Gasteiger charge is 2.21. The fourth-order valence-corrected chi connectivity index (χ4v) is 3.28. The Labute approximate surface area is 110 Å². The molecule has 0 bridgehead atoms. The number of rotatable bonds is 3. The second kappa shape index (κ2) is 5.85. The van der Waals surface area contributed by atoms with Crippen molar-refractivity contribution in [2.75, 3.05) is 19.8 Å². The van der Waals surface area contributed by atoms with E-state index in [-0.39, 0.29) is 0 Å². The largest absolute Gasteiger partial charge is 0.380 e. The summed E-state index contributed by atoms with van der Waals surface area (Å²) in [5.41, 5.74) is 3.14. The lowest BCUT2D eigenvalue weighted by molar-refractivity contribution is 0.0698.